The number of aliphatic hydroxyl groups is 1. The summed E-state index contributed by atoms with van der Waals surface area (Å²) >= 11 is 0. The molecule has 1 heterocycles. The lowest BCUT2D eigenvalue weighted by atomic mass is 9.80. The first-order valence-corrected chi connectivity index (χ1v) is 9.42. The highest BCUT2D eigenvalue weighted by Gasteiger charge is 2.40. The van der Waals surface area contributed by atoms with Gasteiger partial charge in [0.25, 0.3) is 5.69 Å². The van der Waals surface area contributed by atoms with Crippen LogP contribution < -0.4 is 5.32 Å². The monoisotopic (exact) mass is 436 g/mol. The van der Waals surface area contributed by atoms with Crippen LogP contribution in [0, 0.1) is 21.3 Å². The average Bonchev–Trinajstić information content (AvgIpc) is 2.71. The first-order chi connectivity index (χ1) is 14.4. The fraction of sp³-hybridized carbons (Fsp3) is 0.429. The molecule has 2 rings (SSSR count). The lowest BCUT2D eigenvalue weighted by Crippen LogP contribution is -2.34. The largest absolute Gasteiger partial charge is 0.466 e. The van der Waals surface area contributed by atoms with E-state index in [1.807, 2.05) is 0 Å². The number of nitro groups is 1. The second-order valence-electron chi connectivity index (χ2n) is 7.99. The number of benzene rings is 1. The van der Waals surface area contributed by atoms with Gasteiger partial charge in [-0.2, -0.15) is 0 Å². The van der Waals surface area contributed by atoms with E-state index in [2.05, 4.69) is 5.32 Å². The van der Waals surface area contributed by atoms with Crippen LogP contribution in [0.25, 0.3) is 0 Å². The molecule has 0 amide bonds. The Morgan fingerprint density at radius 1 is 1.23 bits per heavy atom. The summed E-state index contributed by atoms with van der Waals surface area (Å²) in [5.41, 5.74) is -0.901. The molecule has 0 saturated carbocycles. The van der Waals surface area contributed by atoms with Crippen LogP contribution >= 0.6 is 0 Å². The summed E-state index contributed by atoms with van der Waals surface area (Å²) in [4.78, 5) is 36.1. The standard InChI is InChI=1S/C21H25FN2O7/c1-11-16(19(26)30-5)18(14-8-13(24(28)29)6-7-15(14)22)17(12(2)23-11)20(27)31-10-21(3,4)9-25/h6-8,18,23,25H,9-10H2,1-5H3. The van der Waals surface area contributed by atoms with Crippen LogP contribution in [0.5, 0.6) is 0 Å². The molecule has 168 valence electrons. The molecule has 1 aromatic rings. The van der Waals surface area contributed by atoms with Gasteiger partial charge in [0.2, 0.25) is 0 Å². The number of methoxy groups -OCH3 is 1. The fourth-order valence-corrected chi connectivity index (χ4v) is 3.21. The van der Waals surface area contributed by atoms with Gasteiger partial charge in [0.15, 0.2) is 0 Å². The molecule has 10 heteroatoms. The Morgan fingerprint density at radius 3 is 2.32 bits per heavy atom. The highest BCUT2D eigenvalue weighted by Crippen LogP contribution is 2.41. The molecule has 2 N–H and O–H groups in total. The van der Waals surface area contributed by atoms with Gasteiger partial charge >= 0.3 is 11.9 Å². The predicted molar refractivity (Wildman–Crippen MR) is 108 cm³/mol. The molecular formula is C21H25FN2O7. The van der Waals surface area contributed by atoms with Crippen LogP contribution in [0.1, 0.15) is 39.2 Å². The highest BCUT2D eigenvalue weighted by atomic mass is 19.1. The topological polar surface area (TPSA) is 128 Å². The number of esters is 2. The summed E-state index contributed by atoms with van der Waals surface area (Å²) in [6, 6.07) is 2.89. The smallest absolute Gasteiger partial charge is 0.336 e. The van der Waals surface area contributed by atoms with Crippen molar-refractivity contribution >= 4 is 17.6 Å². The van der Waals surface area contributed by atoms with Crippen LogP contribution in [0.4, 0.5) is 10.1 Å². The van der Waals surface area contributed by atoms with E-state index in [0.717, 1.165) is 25.3 Å². The molecule has 0 fully saturated rings. The summed E-state index contributed by atoms with van der Waals surface area (Å²) in [6.07, 6.45) is 0. The van der Waals surface area contributed by atoms with Gasteiger partial charge < -0.3 is 19.9 Å². The van der Waals surface area contributed by atoms with Gasteiger partial charge in [-0.05, 0) is 19.9 Å². The number of carbonyl (C=O) groups is 2. The molecule has 0 aromatic heterocycles. The van der Waals surface area contributed by atoms with Gasteiger partial charge in [0.05, 0.1) is 42.3 Å². The predicted octanol–water partition coefficient (Wildman–Crippen LogP) is 2.70. The van der Waals surface area contributed by atoms with E-state index in [1.54, 1.807) is 27.7 Å². The molecule has 9 nitrogen and oxygen atoms in total. The molecule has 0 bridgehead atoms. The van der Waals surface area contributed by atoms with Crippen molar-refractivity contribution in [3.63, 3.8) is 0 Å². The maximum atomic E-state index is 14.9. The Bertz CT molecular complexity index is 982. The van der Waals surface area contributed by atoms with Gasteiger partial charge in [-0.3, -0.25) is 10.1 Å². The Balaban J connectivity index is 2.66. The molecule has 0 aliphatic carbocycles. The Morgan fingerprint density at radius 2 is 1.81 bits per heavy atom. The molecule has 31 heavy (non-hydrogen) atoms. The van der Waals surface area contributed by atoms with Crippen molar-refractivity contribution < 1.29 is 33.5 Å². The number of carbonyl (C=O) groups excluding carboxylic acids is 2. The molecule has 1 atom stereocenters. The zero-order chi connectivity index (χ0) is 23.5. The molecule has 0 radical (unpaired) electrons. The number of hydrogen-bond donors (Lipinski definition) is 2. The number of hydrogen-bond acceptors (Lipinski definition) is 8. The Kier molecular flexibility index (Phi) is 7.17. The van der Waals surface area contributed by atoms with Crippen molar-refractivity contribution in [3.05, 3.63) is 62.2 Å². The third-order valence-corrected chi connectivity index (χ3v) is 4.91. The SMILES string of the molecule is COC(=O)C1=C(C)NC(C)=C(C(=O)OCC(C)(C)CO)C1c1cc([N+](=O)[O-])ccc1F. The summed E-state index contributed by atoms with van der Waals surface area (Å²) in [7, 11) is 1.14. The molecule has 0 spiro atoms. The second-order valence-corrected chi connectivity index (χ2v) is 7.99. The quantitative estimate of drug-likeness (QED) is 0.379. The first kappa shape index (κ1) is 24.0. The fourth-order valence-electron chi connectivity index (χ4n) is 3.21. The summed E-state index contributed by atoms with van der Waals surface area (Å²) < 4.78 is 25.0. The summed E-state index contributed by atoms with van der Waals surface area (Å²) in [5, 5.41) is 23.5. The first-order valence-electron chi connectivity index (χ1n) is 9.42. The maximum absolute atomic E-state index is 14.9. The minimum absolute atomic E-state index is 0.0686. The number of nitro benzene ring substituents is 1. The molecular weight excluding hydrogens is 411 g/mol. The van der Waals surface area contributed by atoms with E-state index < -0.39 is 39.7 Å². The van der Waals surface area contributed by atoms with E-state index in [1.165, 1.54) is 0 Å². The normalized spacial score (nSPS) is 16.7. The molecule has 1 aromatic carbocycles. The number of non-ortho nitro benzene ring substituents is 1. The number of nitrogens with zero attached hydrogens (tertiary/aromatic N) is 1. The zero-order valence-electron chi connectivity index (χ0n) is 17.9. The molecule has 1 unspecified atom stereocenters. The lowest BCUT2D eigenvalue weighted by molar-refractivity contribution is -0.385. The van der Waals surface area contributed by atoms with Gasteiger partial charge in [-0.25, -0.2) is 14.0 Å². The van der Waals surface area contributed by atoms with Crippen LogP contribution in [-0.2, 0) is 19.1 Å². The van der Waals surface area contributed by atoms with Crippen molar-refractivity contribution in [2.45, 2.75) is 33.6 Å². The van der Waals surface area contributed by atoms with Crippen molar-refractivity contribution in [2.75, 3.05) is 20.3 Å². The molecule has 0 saturated heterocycles. The lowest BCUT2D eigenvalue weighted by Gasteiger charge is -2.31. The Hall–Kier alpha value is -3.27. The van der Waals surface area contributed by atoms with Crippen LogP contribution in [0.2, 0.25) is 0 Å². The molecule has 1 aliphatic rings. The van der Waals surface area contributed by atoms with Crippen molar-refractivity contribution in [1.82, 2.24) is 5.32 Å². The van der Waals surface area contributed by atoms with E-state index in [4.69, 9.17) is 9.47 Å². The number of allylic oxidation sites excluding steroid dienone is 2. The van der Waals surface area contributed by atoms with E-state index in [-0.39, 0.29) is 29.9 Å². The van der Waals surface area contributed by atoms with E-state index >= 15 is 0 Å². The second kappa shape index (κ2) is 9.25. The number of halogens is 1. The number of aliphatic hydroxyl groups excluding tert-OH is 1. The van der Waals surface area contributed by atoms with E-state index in [9.17, 15) is 29.2 Å². The summed E-state index contributed by atoms with van der Waals surface area (Å²) in [6.45, 7) is 6.08. The van der Waals surface area contributed by atoms with Gasteiger partial charge in [0, 0.05) is 34.5 Å². The molecule has 1 aliphatic heterocycles. The van der Waals surface area contributed by atoms with Crippen LogP contribution in [-0.4, -0.2) is 42.3 Å². The van der Waals surface area contributed by atoms with Crippen molar-refractivity contribution in [2.24, 2.45) is 5.41 Å². The van der Waals surface area contributed by atoms with E-state index in [0.29, 0.717) is 11.4 Å². The zero-order valence-corrected chi connectivity index (χ0v) is 17.9. The van der Waals surface area contributed by atoms with Gasteiger partial charge in [-0.1, -0.05) is 13.8 Å². The van der Waals surface area contributed by atoms with Gasteiger partial charge in [-0.15, -0.1) is 0 Å². The third-order valence-electron chi connectivity index (χ3n) is 4.91. The number of rotatable bonds is 7. The number of ether oxygens (including phenoxy) is 2. The van der Waals surface area contributed by atoms with Crippen LogP contribution in [0.15, 0.2) is 40.7 Å². The maximum Gasteiger partial charge on any atom is 0.336 e. The minimum atomic E-state index is -1.29. The highest BCUT2D eigenvalue weighted by molar-refractivity contribution is 5.99. The van der Waals surface area contributed by atoms with Crippen molar-refractivity contribution in [3.8, 4) is 0 Å². The average molecular weight is 436 g/mol. The third kappa shape index (κ3) is 5.08. The number of dihydropyridines is 1. The minimum Gasteiger partial charge on any atom is -0.466 e. The van der Waals surface area contributed by atoms with Crippen LogP contribution in [0.3, 0.4) is 0 Å². The van der Waals surface area contributed by atoms with Gasteiger partial charge in [0.1, 0.15) is 5.82 Å². The Labute approximate surface area is 178 Å². The summed E-state index contributed by atoms with van der Waals surface area (Å²) in [5.74, 6) is -3.80. The number of nitrogens with one attached hydrogen (secondary N) is 1. The van der Waals surface area contributed by atoms with Crippen molar-refractivity contribution in [1.29, 1.82) is 0 Å².